The Morgan fingerprint density at radius 3 is 2.93 bits per heavy atom. The number of azide groups is 1. The number of benzene rings is 1. The van der Waals surface area contributed by atoms with E-state index in [-0.39, 0.29) is 19.0 Å². The summed E-state index contributed by atoms with van der Waals surface area (Å²) in [6, 6.07) is 4.24. The first kappa shape index (κ1) is 10.8. The molecule has 0 radical (unpaired) electrons. The van der Waals surface area contributed by atoms with Crippen molar-refractivity contribution in [3.8, 4) is 5.75 Å². The maximum Gasteiger partial charge on any atom is 0.128 e. The Kier molecular flexibility index (Phi) is 4.22. The van der Waals surface area contributed by atoms with Gasteiger partial charge >= 0.3 is 0 Å². The summed E-state index contributed by atoms with van der Waals surface area (Å²) in [6.07, 6.45) is 0. The molecule has 1 rings (SSSR count). The van der Waals surface area contributed by atoms with Gasteiger partial charge in [-0.1, -0.05) is 21.0 Å². The van der Waals surface area contributed by atoms with E-state index in [1.165, 1.54) is 12.1 Å². The molecule has 0 aliphatic heterocycles. The molecule has 1 aromatic carbocycles. The molecule has 14 heavy (non-hydrogen) atoms. The van der Waals surface area contributed by atoms with Gasteiger partial charge in [-0.05, 0) is 17.7 Å². The van der Waals surface area contributed by atoms with Crippen molar-refractivity contribution in [1.82, 2.24) is 0 Å². The van der Waals surface area contributed by atoms with Crippen LogP contribution in [0.5, 0.6) is 5.75 Å². The van der Waals surface area contributed by atoms with E-state index in [2.05, 4.69) is 26.0 Å². The van der Waals surface area contributed by atoms with E-state index in [0.29, 0.717) is 10.2 Å². The fourth-order valence-corrected chi connectivity index (χ4v) is 1.31. The molecule has 0 aliphatic carbocycles. The predicted molar refractivity (Wildman–Crippen MR) is 53.6 cm³/mol. The standard InChI is InChI=1S/C8H7BrFN3O/c9-6-3-7(10)5-8(4-6)14-2-1-12-13-11/h3-5H,1-2H2. The van der Waals surface area contributed by atoms with Crippen molar-refractivity contribution >= 4 is 15.9 Å². The number of hydrogen-bond acceptors (Lipinski definition) is 2. The molecule has 0 atom stereocenters. The molecule has 0 fully saturated rings. The molecular formula is C8H7BrFN3O. The zero-order valence-electron chi connectivity index (χ0n) is 7.15. The van der Waals surface area contributed by atoms with Gasteiger partial charge in [0.25, 0.3) is 0 Å². The fraction of sp³-hybridized carbons (Fsp3) is 0.250. The van der Waals surface area contributed by atoms with Crippen LogP contribution in [0.2, 0.25) is 0 Å². The van der Waals surface area contributed by atoms with Gasteiger partial charge in [0.2, 0.25) is 0 Å². The molecule has 0 spiro atoms. The highest BCUT2D eigenvalue weighted by atomic mass is 79.9. The average molecular weight is 260 g/mol. The molecule has 4 nitrogen and oxygen atoms in total. The molecule has 0 saturated heterocycles. The van der Waals surface area contributed by atoms with Crippen LogP contribution in [0, 0.1) is 5.82 Å². The minimum Gasteiger partial charge on any atom is -0.493 e. The van der Waals surface area contributed by atoms with Crippen molar-refractivity contribution < 1.29 is 9.13 Å². The molecule has 0 unspecified atom stereocenters. The normalized spacial score (nSPS) is 9.29. The third-order valence-electron chi connectivity index (χ3n) is 1.36. The van der Waals surface area contributed by atoms with Crippen LogP contribution in [0.15, 0.2) is 27.8 Å². The van der Waals surface area contributed by atoms with E-state index in [4.69, 9.17) is 10.3 Å². The van der Waals surface area contributed by atoms with Crippen LogP contribution in [0.3, 0.4) is 0 Å². The monoisotopic (exact) mass is 259 g/mol. The Labute approximate surface area is 88.4 Å². The van der Waals surface area contributed by atoms with Gasteiger partial charge in [-0.3, -0.25) is 0 Å². The van der Waals surface area contributed by atoms with Crippen LogP contribution < -0.4 is 4.74 Å². The van der Waals surface area contributed by atoms with E-state index in [1.807, 2.05) is 0 Å². The Morgan fingerprint density at radius 2 is 2.29 bits per heavy atom. The van der Waals surface area contributed by atoms with E-state index < -0.39 is 0 Å². The summed E-state index contributed by atoms with van der Waals surface area (Å²) < 4.78 is 18.6. The molecule has 0 heterocycles. The van der Waals surface area contributed by atoms with Crippen molar-refractivity contribution in [2.45, 2.75) is 0 Å². The van der Waals surface area contributed by atoms with Crippen molar-refractivity contribution in [3.05, 3.63) is 38.9 Å². The van der Waals surface area contributed by atoms with Gasteiger partial charge < -0.3 is 4.74 Å². The molecule has 0 N–H and O–H groups in total. The number of halogens is 2. The first-order valence-electron chi connectivity index (χ1n) is 3.82. The maximum absolute atomic E-state index is 12.8. The summed E-state index contributed by atoms with van der Waals surface area (Å²) in [4.78, 5) is 2.56. The van der Waals surface area contributed by atoms with E-state index in [0.717, 1.165) is 0 Å². The molecule has 0 aliphatic rings. The summed E-state index contributed by atoms with van der Waals surface area (Å²) in [5.41, 5.74) is 7.99. The molecule has 0 aromatic heterocycles. The second-order valence-corrected chi connectivity index (χ2v) is 3.32. The van der Waals surface area contributed by atoms with E-state index >= 15 is 0 Å². The van der Waals surface area contributed by atoms with Crippen LogP contribution in [0.1, 0.15) is 0 Å². The lowest BCUT2D eigenvalue weighted by atomic mass is 10.3. The summed E-state index contributed by atoms with van der Waals surface area (Å²) in [7, 11) is 0. The van der Waals surface area contributed by atoms with Gasteiger partial charge in [-0.25, -0.2) is 4.39 Å². The molecule has 1 aromatic rings. The zero-order valence-corrected chi connectivity index (χ0v) is 8.74. The summed E-state index contributed by atoms with van der Waals surface area (Å²) in [5.74, 6) is 0.0307. The van der Waals surface area contributed by atoms with Crippen molar-refractivity contribution in [2.24, 2.45) is 5.11 Å². The summed E-state index contributed by atoms with van der Waals surface area (Å²) in [5, 5.41) is 3.28. The highest BCUT2D eigenvalue weighted by Gasteiger charge is 1.98. The highest BCUT2D eigenvalue weighted by molar-refractivity contribution is 9.10. The topological polar surface area (TPSA) is 58.0 Å². The third-order valence-corrected chi connectivity index (χ3v) is 1.82. The van der Waals surface area contributed by atoms with E-state index in [1.54, 1.807) is 6.07 Å². The summed E-state index contributed by atoms with van der Waals surface area (Å²) >= 11 is 3.13. The Bertz CT molecular complexity index is 345. The summed E-state index contributed by atoms with van der Waals surface area (Å²) in [6.45, 7) is 0.463. The second-order valence-electron chi connectivity index (χ2n) is 2.41. The average Bonchev–Trinajstić information content (AvgIpc) is 2.11. The lowest BCUT2D eigenvalue weighted by Gasteiger charge is -2.04. The zero-order chi connectivity index (χ0) is 10.4. The molecule has 74 valence electrons. The minimum atomic E-state index is -0.377. The van der Waals surface area contributed by atoms with E-state index in [9.17, 15) is 4.39 Å². The molecule has 0 amide bonds. The third kappa shape index (κ3) is 3.64. The van der Waals surface area contributed by atoms with Crippen molar-refractivity contribution in [3.63, 3.8) is 0 Å². The van der Waals surface area contributed by atoms with Crippen molar-refractivity contribution in [2.75, 3.05) is 13.2 Å². The van der Waals surface area contributed by atoms with Crippen LogP contribution in [0.4, 0.5) is 4.39 Å². The number of rotatable bonds is 4. The fourth-order valence-electron chi connectivity index (χ4n) is 0.861. The SMILES string of the molecule is [N-]=[N+]=NCCOc1cc(F)cc(Br)c1. The molecule has 0 saturated carbocycles. The van der Waals surface area contributed by atoms with Crippen LogP contribution in [-0.2, 0) is 0 Å². The maximum atomic E-state index is 12.8. The Hall–Kier alpha value is -1.26. The lowest BCUT2D eigenvalue weighted by molar-refractivity contribution is 0.326. The minimum absolute atomic E-state index is 0.227. The smallest absolute Gasteiger partial charge is 0.128 e. The van der Waals surface area contributed by atoms with Gasteiger partial charge in [0.1, 0.15) is 11.6 Å². The van der Waals surface area contributed by atoms with Gasteiger partial charge in [-0.15, -0.1) is 0 Å². The number of ether oxygens (including phenoxy) is 1. The Morgan fingerprint density at radius 1 is 1.50 bits per heavy atom. The van der Waals surface area contributed by atoms with Gasteiger partial charge in [0.15, 0.2) is 0 Å². The molecule has 0 bridgehead atoms. The van der Waals surface area contributed by atoms with Gasteiger partial charge in [-0.2, -0.15) is 0 Å². The predicted octanol–water partition coefficient (Wildman–Crippen LogP) is 3.28. The second kappa shape index (κ2) is 5.47. The number of nitrogens with zero attached hydrogens (tertiary/aromatic N) is 3. The van der Waals surface area contributed by atoms with Gasteiger partial charge in [0.05, 0.1) is 13.2 Å². The first-order valence-corrected chi connectivity index (χ1v) is 4.61. The van der Waals surface area contributed by atoms with Crippen LogP contribution in [-0.4, -0.2) is 13.2 Å². The first-order chi connectivity index (χ1) is 6.72. The molecule has 6 heteroatoms. The van der Waals surface area contributed by atoms with Crippen LogP contribution >= 0.6 is 15.9 Å². The lowest BCUT2D eigenvalue weighted by Crippen LogP contribution is -2.00. The van der Waals surface area contributed by atoms with Crippen molar-refractivity contribution in [1.29, 1.82) is 0 Å². The Balaban J connectivity index is 2.54. The number of hydrogen-bond donors (Lipinski definition) is 0. The molecular weight excluding hydrogens is 253 g/mol. The highest BCUT2D eigenvalue weighted by Crippen LogP contribution is 2.20. The van der Waals surface area contributed by atoms with Crippen LogP contribution in [0.25, 0.3) is 10.4 Å². The largest absolute Gasteiger partial charge is 0.493 e. The van der Waals surface area contributed by atoms with Gasteiger partial charge in [0, 0.05) is 15.5 Å². The quantitative estimate of drug-likeness (QED) is 0.354.